The second-order valence-electron chi connectivity index (χ2n) is 5.06. The summed E-state index contributed by atoms with van der Waals surface area (Å²) in [7, 11) is 0. The van der Waals surface area contributed by atoms with Gasteiger partial charge >= 0.3 is 18.5 Å². The quantitative estimate of drug-likeness (QED) is 0.496. The van der Waals surface area contributed by atoms with E-state index in [4.69, 9.17) is 10.5 Å². The number of benzene rings is 2. The van der Waals surface area contributed by atoms with Crippen LogP contribution in [0.3, 0.4) is 0 Å². The third kappa shape index (κ3) is 4.33. The summed E-state index contributed by atoms with van der Waals surface area (Å²) < 4.78 is 120. The fraction of sp³-hybridized carbons (Fsp3) is 0.200. The second kappa shape index (κ2) is 6.29. The van der Waals surface area contributed by atoms with Crippen molar-refractivity contribution >= 4 is 5.69 Å². The molecular formula is C15H8F9NO. The zero-order valence-corrected chi connectivity index (χ0v) is 12.4. The zero-order valence-electron chi connectivity index (χ0n) is 12.4. The van der Waals surface area contributed by atoms with Crippen LogP contribution in [0.25, 0.3) is 0 Å². The highest BCUT2D eigenvalue weighted by Gasteiger charge is 2.41. The minimum absolute atomic E-state index is 0.252. The second-order valence-corrected chi connectivity index (χ2v) is 5.06. The van der Waals surface area contributed by atoms with Crippen LogP contribution in [0.4, 0.5) is 45.2 Å². The van der Waals surface area contributed by atoms with Gasteiger partial charge in [0.15, 0.2) is 0 Å². The number of halogens is 9. The van der Waals surface area contributed by atoms with Crippen molar-refractivity contribution in [2.24, 2.45) is 0 Å². The Balaban J connectivity index is 2.55. The topological polar surface area (TPSA) is 35.2 Å². The minimum atomic E-state index is -5.26. The first kappa shape index (κ1) is 19.7. The monoisotopic (exact) mass is 389 g/mol. The number of hydrogen-bond acceptors (Lipinski definition) is 2. The molecule has 11 heteroatoms. The van der Waals surface area contributed by atoms with Gasteiger partial charge in [0.05, 0.1) is 16.7 Å². The SMILES string of the molecule is Nc1cc(Oc2cccc(C(F)(F)F)c2)c(C(F)(F)F)cc1C(F)(F)F. The molecule has 2 aromatic rings. The highest BCUT2D eigenvalue weighted by atomic mass is 19.4. The molecule has 0 saturated carbocycles. The maximum Gasteiger partial charge on any atom is 0.420 e. The molecule has 0 saturated heterocycles. The first-order valence-electron chi connectivity index (χ1n) is 6.62. The molecule has 0 aliphatic carbocycles. The molecule has 0 atom stereocenters. The van der Waals surface area contributed by atoms with Crippen LogP contribution < -0.4 is 10.5 Å². The lowest BCUT2D eigenvalue weighted by molar-refractivity contribution is -0.143. The van der Waals surface area contributed by atoms with Gasteiger partial charge in [0, 0.05) is 11.8 Å². The van der Waals surface area contributed by atoms with Crippen molar-refractivity contribution in [1.29, 1.82) is 0 Å². The van der Waals surface area contributed by atoms with E-state index in [-0.39, 0.29) is 12.1 Å². The maximum atomic E-state index is 13.1. The summed E-state index contributed by atoms with van der Waals surface area (Å²) in [5, 5.41) is 0. The van der Waals surface area contributed by atoms with Gasteiger partial charge in [-0.2, -0.15) is 39.5 Å². The molecule has 2 nitrogen and oxygen atoms in total. The first-order valence-corrected chi connectivity index (χ1v) is 6.62. The Labute approximate surface area is 140 Å². The molecule has 0 unspecified atom stereocenters. The van der Waals surface area contributed by atoms with Crippen LogP contribution in [-0.2, 0) is 18.5 Å². The number of rotatable bonds is 2. The molecule has 0 aromatic heterocycles. The van der Waals surface area contributed by atoms with Gasteiger partial charge in [-0.05, 0) is 24.3 Å². The van der Waals surface area contributed by atoms with Gasteiger partial charge in [-0.1, -0.05) is 6.07 Å². The summed E-state index contributed by atoms with van der Waals surface area (Å²) in [6.07, 6.45) is -15.2. The van der Waals surface area contributed by atoms with Crippen molar-refractivity contribution in [3.8, 4) is 11.5 Å². The van der Waals surface area contributed by atoms with Crippen molar-refractivity contribution in [2.75, 3.05) is 5.73 Å². The first-order chi connectivity index (χ1) is 11.7. The Morgan fingerprint density at radius 2 is 1.27 bits per heavy atom. The van der Waals surface area contributed by atoms with Crippen LogP contribution in [0.15, 0.2) is 36.4 Å². The number of hydrogen-bond donors (Lipinski definition) is 1. The Morgan fingerprint density at radius 1 is 0.692 bits per heavy atom. The van der Waals surface area contributed by atoms with Gasteiger partial charge in [0.2, 0.25) is 0 Å². The minimum Gasteiger partial charge on any atom is -0.457 e. The highest BCUT2D eigenvalue weighted by Crippen LogP contribution is 2.44. The van der Waals surface area contributed by atoms with Crippen LogP contribution in [-0.4, -0.2) is 0 Å². The van der Waals surface area contributed by atoms with E-state index in [9.17, 15) is 39.5 Å². The molecule has 0 aliphatic heterocycles. The predicted octanol–water partition coefficient (Wildman–Crippen LogP) is 6.12. The van der Waals surface area contributed by atoms with Crippen LogP contribution >= 0.6 is 0 Å². The van der Waals surface area contributed by atoms with Gasteiger partial charge in [0.25, 0.3) is 0 Å². The number of nitrogens with two attached hydrogens (primary N) is 1. The fourth-order valence-corrected chi connectivity index (χ4v) is 2.01. The molecule has 0 bridgehead atoms. The van der Waals surface area contributed by atoms with E-state index in [1.807, 2.05) is 0 Å². The zero-order chi connectivity index (χ0) is 19.9. The molecule has 26 heavy (non-hydrogen) atoms. The number of ether oxygens (including phenoxy) is 1. The summed E-state index contributed by atoms with van der Waals surface area (Å²) in [6, 6.07) is 2.87. The van der Waals surface area contributed by atoms with E-state index < -0.39 is 52.4 Å². The smallest absolute Gasteiger partial charge is 0.420 e. The molecule has 0 amide bonds. The van der Waals surface area contributed by atoms with E-state index in [1.54, 1.807) is 0 Å². The average molecular weight is 389 g/mol. The lowest BCUT2D eigenvalue weighted by Crippen LogP contribution is -2.14. The molecule has 0 spiro atoms. The standard InChI is InChI=1S/C15H8F9NO/c16-13(17,18)7-2-1-3-8(4-7)26-12-6-11(25)9(14(19,20)21)5-10(12)15(22,23)24/h1-6H,25H2. The lowest BCUT2D eigenvalue weighted by atomic mass is 10.1. The number of nitrogen functional groups attached to an aromatic ring is 1. The number of alkyl halides is 9. The van der Waals surface area contributed by atoms with Crippen LogP contribution in [0.2, 0.25) is 0 Å². The summed E-state index contributed by atoms with van der Waals surface area (Å²) in [5.41, 5.74) is -0.700. The molecule has 0 aliphatic rings. The third-order valence-corrected chi connectivity index (χ3v) is 3.15. The van der Waals surface area contributed by atoms with Gasteiger partial charge in [-0.3, -0.25) is 0 Å². The average Bonchev–Trinajstić information content (AvgIpc) is 2.44. The molecule has 142 valence electrons. The van der Waals surface area contributed by atoms with E-state index in [0.29, 0.717) is 12.1 Å². The largest absolute Gasteiger partial charge is 0.457 e. The fourth-order valence-electron chi connectivity index (χ4n) is 2.01. The van der Waals surface area contributed by atoms with E-state index in [1.165, 1.54) is 0 Å². The summed E-state index contributed by atoms with van der Waals surface area (Å²) in [5.74, 6) is -1.80. The molecular weight excluding hydrogens is 381 g/mol. The van der Waals surface area contributed by atoms with Crippen LogP contribution in [0.1, 0.15) is 16.7 Å². The number of anilines is 1. The Morgan fingerprint density at radius 3 is 1.77 bits per heavy atom. The Kier molecular flexibility index (Phi) is 4.77. The van der Waals surface area contributed by atoms with E-state index >= 15 is 0 Å². The third-order valence-electron chi connectivity index (χ3n) is 3.15. The predicted molar refractivity (Wildman–Crippen MR) is 72.4 cm³/mol. The van der Waals surface area contributed by atoms with Gasteiger partial charge < -0.3 is 10.5 Å². The van der Waals surface area contributed by atoms with Crippen LogP contribution in [0, 0.1) is 0 Å². The maximum absolute atomic E-state index is 13.1. The van der Waals surface area contributed by atoms with Gasteiger partial charge in [0.1, 0.15) is 11.5 Å². The molecule has 2 rings (SSSR count). The van der Waals surface area contributed by atoms with Crippen molar-refractivity contribution in [2.45, 2.75) is 18.5 Å². The van der Waals surface area contributed by atoms with Crippen molar-refractivity contribution < 1.29 is 44.3 Å². The Bertz CT molecular complexity index is 806. The highest BCUT2D eigenvalue weighted by molar-refractivity contribution is 5.58. The molecule has 0 radical (unpaired) electrons. The van der Waals surface area contributed by atoms with E-state index in [0.717, 1.165) is 12.1 Å². The molecule has 0 fully saturated rings. The summed E-state index contributed by atoms with van der Waals surface area (Å²) in [6.45, 7) is 0. The van der Waals surface area contributed by atoms with Crippen molar-refractivity contribution in [3.63, 3.8) is 0 Å². The summed E-state index contributed by atoms with van der Waals surface area (Å²) >= 11 is 0. The molecule has 2 N–H and O–H groups in total. The molecule has 0 heterocycles. The lowest BCUT2D eigenvalue weighted by Gasteiger charge is -2.18. The summed E-state index contributed by atoms with van der Waals surface area (Å²) in [4.78, 5) is 0. The Hall–Kier alpha value is -2.59. The van der Waals surface area contributed by atoms with Gasteiger partial charge in [-0.15, -0.1) is 0 Å². The van der Waals surface area contributed by atoms with Crippen molar-refractivity contribution in [3.05, 3.63) is 53.1 Å². The van der Waals surface area contributed by atoms with Crippen LogP contribution in [0.5, 0.6) is 11.5 Å². The van der Waals surface area contributed by atoms with E-state index in [2.05, 4.69) is 0 Å². The normalized spacial score (nSPS) is 13.0. The van der Waals surface area contributed by atoms with Crippen molar-refractivity contribution in [1.82, 2.24) is 0 Å². The molecule has 2 aromatic carbocycles. The van der Waals surface area contributed by atoms with Gasteiger partial charge in [-0.25, -0.2) is 0 Å².